The maximum atomic E-state index is 6.45. The van der Waals surface area contributed by atoms with Crippen molar-refractivity contribution in [1.82, 2.24) is 19.3 Å². The van der Waals surface area contributed by atoms with Crippen molar-refractivity contribution in [2.75, 3.05) is 0 Å². The van der Waals surface area contributed by atoms with Crippen LogP contribution in [0, 0.1) is 12.1 Å². The molecule has 0 amide bonds. The second-order valence-corrected chi connectivity index (χ2v) is 15.0. The van der Waals surface area contributed by atoms with Gasteiger partial charge in [-0.1, -0.05) is 71.3 Å². The molecule has 8 aromatic rings. The molecule has 7 heteroatoms. The fourth-order valence-electron chi connectivity index (χ4n) is 6.12. The smallest absolute Gasteiger partial charge is 0.509 e. The molecular weight excluding hydrogens is 780 g/mol. The van der Waals surface area contributed by atoms with Crippen LogP contribution in [0.3, 0.4) is 0 Å². The second kappa shape index (κ2) is 11.5. The van der Waals surface area contributed by atoms with Crippen molar-refractivity contribution in [1.29, 1.82) is 0 Å². The van der Waals surface area contributed by atoms with Crippen molar-refractivity contribution in [3.63, 3.8) is 0 Å². The SMILES string of the molecule is CC(C)(C)c1ccnc(-n2c3[c-]c(Oc4[c-]c(-n5ccc(C(C)(C)C)n5)ccc4)ccc3c3ccc4sc5ccccc5c4c32)c1.[Pt+2]. The van der Waals surface area contributed by atoms with E-state index in [0.29, 0.717) is 11.5 Å². The number of nitrogens with zero attached hydrogens (tertiary/aromatic N) is 4. The predicted molar refractivity (Wildman–Crippen MR) is 190 cm³/mol. The summed E-state index contributed by atoms with van der Waals surface area (Å²) in [5, 5.41) is 9.55. The first-order chi connectivity index (χ1) is 22.0. The van der Waals surface area contributed by atoms with E-state index < -0.39 is 0 Å². The Hall–Kier alpha value is -4.25. The molecule has 0 saturated heterocycles. The van der Waals surface area contributed by atoms with Crippen LogP contribution in [0.25, 0.3) is 53.5 Å². The van der Waals surface area contributed by atoms with Crippen LogP contribution in [0.4, 0.5) is 0 Å². The third-order valence-corrected chi connectivity index (χ3v) is 9.71. The van der Waals surface area contributed by atoms with Gasteiger partial charge < -0.3 is 9.30 Å². The monoisotopic (exact) mass is 813 g/mol. The number of ether oxygens (including phenoxy) is 1. The van der Waals surface area contributed by atoms with E-state index in [2.05, 4.69) is 119 Å². The summed E-state index contributed by atoms with van der Waals surface area (Å²) in [6.07, 6.45) is 3.89. The Labute approximate surface area is 293 Å². The molecule has 5 nitrogen and oxygen atoms in total. The van der Waals surface area contributed by atoms with E-state index >= 15 is 0 Å². The molecule has 0 atom stereocenters. The van der Waals surface area contributed by atoms with Crippen molar-refractivity contribution in [2.24, 2.45) is 0 Å². The quantitative estimate of drug-likeness (QED) is 0.166. The first-order valence-electron chi connectivity index (χ1n) is 15.6. The van der Waals surface area contributed by atoms with Crippen molar-refractivity contribution < 1.29 is 25.8 Å². The summed E-state index contributed by atoms with van der Waals surface area (Å²) in [7, 11) is 0. The molecule has 4 aromatic heterocycles. The predicted octanol–water partition coefficient (Wildman–Crippen LogP) is 10.7. The average Bonchev–Trinajstić information content (AvgIpc) is 3.75. The Morgan fingerprint density at radius 2 is 1.51 bits per heavy atom. The van der Waals surface area contributed by atoms with Gasteiger partial charge in [-0.25, -0.2) is 4.98 Å². The topological polar surface area (TPSA) is 44.9 Å². The van der Waals surface area contributed by atoms with E-state index in [4.69, 9.17) is 14.8 Å². The van der Waals surface area contributed by atoms with Gasteiger partial charge in [0.1, 0.15) is 5.82 Å². The van der Waals surface area contributed by atoms with Crippen LogP contribution in [0.1, 0.15) is 52.8 Å². The van der Waals surface area contributed by atoms with Gasteiger partial charge in [0, 0.05) is 49.5 Å². The maximum absolute atomic E-state index is 6.45. The van der Waals surface area contributed by atoms with Crippen molar-refractivity contribution >= 4 is 53.3 Å². The molecule has 0 spiro atoms. The molecule has 0 radical (unpaired) electrons. The minimum atomic E-state index is -0.0374. The number of fused-ring (bicyclic) bond motifs is 7. The molecule has 47 heavy (non-hydrogen) atoms. The largest absolute Gasteiger partial charge is 2.00 e. The zero-order valence-corrected chi connectivity index (χ0v) is 30.2. The van der Waals surface area contributed by atoms with E-state index in [1.165, 1.54) is 31.1 Å². The summed E-state index contributed by atoms with van der Waals surface area (Å²) >= 11 is 1.82. The number of rotatable bonds is 4. The van der Waals surface area contributed by atoms with Gasteiger partial charge in [0.05, 0.1) is 11.2 Å². The van der Waals surface area contributed by atoms with Gasteiger partial charge >= 0.3 is 21.1 Å². The fraction of sp³-hybridized carbons (Fsp3) is 0.200. The first kappa shape index (κ1) is 31.4. The fourth-order valence-corrected chi connectivity index (χ4v) is 7.23. The van der Waals surface area contributed by atoms with Crippen LogP contribution in [-0.4, -0.2) is 19.3 Å². The molecule has 0 aliphatic carbocycles. The van der Waals surface area contributed by atoms with E-state index in [9.17, 15) is 0 Å². The molecule has 0 fully saturated rings. The first-order valence-corrected chi connectivity index (χ1v) is 16.4. The van der Waals surface area contributed by atoms with Crippen molar-refractivity contribution in [3.8, 4) is 23.0 Å². The molecule has 0 unspecified atom stereocenters. The van der Waals surface area contributed by atoms with Crippen LogP contribution < -0.4 is 4.74 Å². The minimum absolute atomic E-state index is 0. The number of hydrogen-bond acceptors (Lipinski definition) is 4. The Balaban J connectivity index is 0.00000351. The van der Waals surface area contributed by atoms with Gasteiger partial charge in [0.2, 0.25) is 0 Å². The van der Waals surface area contributed by atoms with E-state index in [1.54, 1.807) is 0 Å². The zero-order valence-electron chi connectivity index (χ0n) is 27.2. The summed E-state index contributed by atoms with van der Waals surface area (Å²) < 4.78 is 13.1. The average molecular weight is 814 g/mol. The van der Waals surface area contributed by atoms with Gasteiger partial charge in [0.25, 0.3) is 0 Å². The van der Waals surface area contributed by atoms with E-state index in [-0.39, 0.29) is 31.9 Å². The number of pyridine rings is 1. The molecule has 0 bridgehead atoms. The summed E-state index contributed by atoms with van der Waals surface area (Å²) in [4.78, 5) is 4.93. The minimum Gasteiger partial charge on any atom is -0.509 e. The van der Waals surface area contributed by atoms with Crippen LogP contribution in [0.5, 0.6) is 11.5 Å². The Morgan fingerprint density at radius 3 is 2.30 bits per heavy atom. The third-order valence-electron chi connectivity index (χ3n) is 8.57. The number of thiophene rings is 1. The van der Waals surface area contributed by atoms with Gasteiger partial charge in [-0.15, -0.1) is 47.1 Å². The summed E-state index contributed by atoms with van der Waals surface area (Å²) in [6.45, 7) is 13.2. The standard InChI is InChI=1S/C40H34N4OS.Pt/c1-39(2,3)25-18-20-41-36(22-25)44-32-24-28(45-27-11-9-10-26(23-27)43-21-19-35(42-43)40(4,5)6)14-15-29(32)30-16-17-34-37(38(30)44)31-12-7-8-13-33(31)46-34;/h7-22H,1-6H3;/q-2;+2. The van der Waals surface area contributed by atoms with Crippen LogP contribution in [0.2, 0.25) is 0 Å². The van der Waals surface area contributed by atoms with Crippen LogP contribution >= 0.6 is 11.3 Å². The second-order valence-electron chi connectivity index (χ2n) is 13.9. The number of benzene rings is 4. The number of hydrogen-bond donors (Lipinski definition) is 0. The van der Waals surface area contributed by atoms with E-state index in [0.717, 1.165) is 33.6 Å². The number of aromatic nitrogens is 4. The molecule has 8 rings (SSSR count). The van der Waals surface area contributed by atoms with Gasteiger partial charge in [-0.05, 0) is 52.4 Å². The Kier molecular flexibility index (Phi) is 7.65. The van der Waals surface area contributed by atoms with Crippen molar-refractivity contribution in [2.45, 2.75) is 52.4 Å². The molecule has 0 aliphatic heterocycles. The molecular formula is C40H34N4OPtS. The van der Waals surface area contributed by atoms with Crippen LogP contribution in [0.15, 0.2) is 97.3 Å². The Morgan fingerprint density at radius 1 is 0.723 bits per heavy atom. The normalized spacial score (nSPS) is 12.3. The zero-order chi connectivity index (χ0) is 31.8. The third kappa shape index (κ3) is 5.48. The summed E-state index contributed by atoms with van der Waals surface area (Å²) in [6, 6.07) is 36.6. The molecule has 236 valence electrons. The molecule has 0 aliphatic rings. The van der Waals surface area contributed by atoms with Gasteiger partial charge in [0.15, 0.2) is 0 Å². The molecule has 4 heterocycles. The van der Waals surface area contributed by atoms with Gasteiger partial charge in [-0.3, -0.25) is 4.68 Å². The van der Waals surface area contributed by atoms with Crippen molar-refractivity contribution in [3.05, 3.63) is 121 Å². The summed E-state index contributed by atoms with van der Waals surface area (Å²) in [5.41, 5.74) is 5.06. The van der Waals surface area contributed by atoms with E-state index in [1.807, 2.05) is 52.7 Å². The summed E-state index contributed by atoms with van der Waals surface area (Å²) in [5.74, 6) is 2.08. The molecule has 0 N–H and O–H groups in total. The maximum Gasteiger partial charge on any atom is 2.00 e. The molecule has 4 aromatic carbocycles. The van der Waals surface area contributed by atoms with Crippen LogP contribution in [-0.2, 0) is 31.9 Å². The Bertz CT molecular complexity index is 2440. The molecule has 0 saturated carbocycles. The van der Waals surface area contributed by atoms with Gasteiger partial charge in [-0.2, -0.15) is 17.2 Å².